The van der Waals surface area contributed by atoms with E-state index in [-0.39, 0.29) is 18.4 Å². The van der Waals surface area contributed by atoms with Crippen molar-refractivity contribution in [2.24, 2.45) is 0 Å². The average molecular weight is 402 g/mol. The minimum absolute atomic E-state index is 0.00884. The number of H-pyrrole nitrogens is 1. The van der Waals surface area contributed by atoms with Crippen molar-refractivity contribution in [3.05, 3.63) is 28.1 Å². The first-order valence-electron chi connectivity index (χ1n) is 6.87. The Morgan fingerprint density at radius 2 is 2.24 bits per heavy atom. The van der Waals surface area contributed by atoms with Gasteiger partial charge in [0.15, 0.2) is 0 Å². The Bertz CT molecular complexity index is 535. The molecule has 6 nitrogen and oxygen atoms in total. The number of nitrogens with one attached hydrogen (secondary N) is 1. The molecule has 2 amide bonds. The van der Waals surface area contributed by atoms with Crippen LogP contribution in [-0.4, -0.2) is 58.5 Å². The maximum absolute atomic E-state index is 12.2. The summed E-state index contributed by atoms with van der Waals surface area (Å²) in [5.74, 6) is 0.187. The molecule has 2 heterocycles. The zero-order chi connectivity index (χ0) is 15.4. The van der Waals surface area contributed by atoms with E-state index >= 15 is 0 Å². The number of carbonyl (C=O) groups is 2. The average Bonchev–Trinajstić information content (AvgIpc) is 2.92. The van der Waals surface area contributed by atoms with Gasteiger partial charge in [0.2, 0.25) is 11.8 Å². The molecule has 0 saturated carbocycles. The summed E-state index contributed by atoms with van der Waals surface area (Å²) in [6.07, 6.45) is 4.88. The summed E-state index contributed by atoms with van der Waals surface area (Å²) in [6, 6.07) is 0. The fourth-order valence-electron chi connectivity index (χ4n) is 2.52. The van der Waals surface area contributed by atoms with Crippen LogP contribution in [0.2, 0.25) is 0 Å². The summed E-state index contributed by atoms with van der Waals surface area (Å²) >= 11 is 2.28. The molecular formula is C14H19IN4O2. The van der Waals surface area contributed by atoms with Crippen molar-refractivity contribution in [2.75, 3.05) is 26.7 Å². The Morgan fingerprint density at radius 1 is 1.57 bits per heavy atom. The van der Waals surface area contributed by atoms with Crippen molar-refractivity contribution in [2.45, 2.75) is 18.8 Å². The van der Waals surface area contributed by atoms with Gasteiger partial charge < -0.3 is 9.80 Å². The minimum atomic E-state index is -0.231. The molecule has 1 saturated heterocycles. The predicted octanol–water partition coefficient (Wildman–Crippen LogP) is 1.36. The van der Waals surface area contributed by atoms with Crippen LogP contribution in [0.5, 0.6) is 0 Å². The summed E-state index contributed by atoms with van der Waals surface area (Å²) in [7, 11) is 1.61. The van der Waals surface area contributed by atoms with Crippen molar-refractivity contribution >= 4 is 34.4 Å². The van der Waals surface area contributed by atoms with Gasteiger partial charge in [-0.25, -0.2) is 0 Å². The van der Waals surface area contributed by atoms with Crippen LogP contribution in [0.3, 0.4) is 0 Å². The monoisotopic (exact) mass is 402 g/mol. The summed E-state index contributed by atoms with van der Waals surface area (Å²) < 4.78 is 1.15. The van der Waals surface area contributed by atoms with E-state index in [1.807, 2.05) is 11.1 Å². The Labute approximate surface area is 137 Å². The Kier molecular flexibility index (Phi) is 5.38. The normalized spacial score (nSPS) is 15.8. The third kappa shape index (κ3) is 3.84. The van der Waals surface area contributed by atoms with E-state index in [1.165, 1.54) is 16.7 Å². The molecule has 0 aromatic carbocycles. The van der Waals surface area contributed by atoms with E-state index in [9.17, 15) is 9.59 Å². The lowest BCUT2D eigenvalue weighted by molar-refractivity contribution is -0.138. The van der Waals surface area contributed by atoms with Crippen LogP contribution in [0.1, 0.15) is 24.5 Å². The molecule has 0 aliphatic carbocycles. The van der Waals surface area contributed by atoms with Crippen LogP contribution in [0.4, 0.5) is 0 Å². The van der Waals surface area contributed by atoms with Gasteiger partial charge in [-0.05, 0) is 41.5 Å². The SMILES string of the molecule is C=CC(=O)N(C)CC(=O)N1CCC(c2[nH]ncc2I)CC1. The Balaban J connectivity index is 1.86. The highest BCUT2D eigenvalue weighted by Gasteiger charge is 2.26. The van der Waals surface area contributed by atoms with Gasteiger partial charge in [-0.15, -0.1) is 0 Å². The number of amides is 2. The zero-order valence-electron chi connectivity index (χ0n) is 12.0. The number of likely N-dealkylation sites (tertiary alicyclic amines) is 1. The maximum atomic E-state index is 12.2. The lowest BCUT2D eigenvalue weighted by Crippen LogP contribution is -2.44. The molecule has 114 valence electrons. The van der Waals surface area contributed by atoms with Gasteiger partial charge in [-0.1, -0.05) is 6.58 Å². The largest absolute Gasteiger partial charge is 0.341 e. The van der Waals surface area contributed by atoms with Crippen molar-refractivity contribution in [1.82, 2.24) is 20.0 Å². The molecule has 1 fully saturated rings. The highest BCUT2D eigenvalue weighted by molar-refractivity contribution is 14.1. The van der Waals surface area contributed by atoms with Crippen LogP contribution in [0.15, 0.2) is 18.9 Å². The molecule has 1 N–H and O–H groups in total. The van der Waals surface area contributed by atoms with E-state index < -0.39 is 0 Å². The third-order valence-corrected chi connectivity index (χ3v) is 4.66. The van der Waals surface area contributed by atoms with Crippen LogP contribution in [-0.2, 0) is 9.59 Å². The quantitative estimate of drug-likeness (QED) is 0.611. The maximum Gasteiger partial charge on any atom is 0.246 e. The van der Waals surface area contributed by atoms with E-state index in [1.54, 1.807) is 7.05 Å². The molecule has 1 aromatic heterocycles. The second-order valence-corrected chi connectivity index (χ2v) is 6.35. The highest BCUT2D eigenvalue weighted by atomic mass is 127. The molecule has 21 heavy (non-hydrogen) atoms. The molecule has 1 aliphatic heterocycles. The van der Waals surface area contributed by atoms with Gasteiger partial charge in [-0.3, -0.25) is 14.7 Å². The molecule has 0 bridgehead atoms. The molecule has 1 aliphatic rings. The van der Waals surface area contributed by atoms with Crippen LogP contribution >= 0.6 is 22.6 Å². The molecule has 2 rings (SSSR count). The number of aromatic nitrogens is 2. The molecule has 0 spiro atoms. The molecule has 0 radical (unpaired) electrons. The Morgan fingerprint density at radius 3 is 2.76 bits per heavy atom. The number of halogens is 1. The first-order chi connectivity index (χ1) is 10.0. The number of carbonyl (C=O) groups excluding carboxylic acids is 2. The predicted molar refractivity (Wildman–Crippen MR) is 87.7 cm³/mol. The zero-order valence-corrected chi connectivity index (χ0v) is 14.2. The van der Waals surface area contributed by atoms with Crippen molar-refractivity contribution < 1.29 is 9.59 Å². The number of likely N-dealkylation sites (N-methyl/N-ethyl adjacent to an activating group) is 1. The van der Waals surface area contributed by atoms with Crippen LogP contribution in [0.25, 0.3) is 0 Å². The van der Waals surface area contributed by atoms with Gasteiger partial charge in [-0.2, -0.15) is 5.10 Å². The minimum Gasteiger partial charge on any atom is -0.341 e. The number of aromatic amines is 1. The van der Waals surface area contributed by atoms with Crippen molar-refractivity contribution in [3.63, 3.8) is 0 Å². The molecular weight excluding hydrogens is 383 g/mol. The smallest absolute Gasteiger partial charge is 0.246 e. The first kappa shape index (κ1) is 16.0. The fourth-order valence-corrected chi connectivity index (χ4v) is 3.22. The van der Waals surface area contributed by atoms with Gasteiger partial charge in [0.05, 0.1) is 22.0 Å². The molecule has 1 aromatic rings. The van der Waals surface area contributed by atoms with Crippen LogP contribution in [0, 0.1) is 3.57 Å². The summed E-state index contributed by atoms with van der Waals surface area (Å²) in [5, 5.41) is 7.10. The van der Waals surface area contributed by atoms with E-state index in [4.69, 9.17) is 0 Å². The number of nitrogens with zero attached hydrogens (tertiary/aromatic N) is 3. The lowest BCUT2D eigenvalue weighted by atomic mass is 9.93. The second kappa shape index (κ2) is 7.06. The summed E-state index contributed by atoms with van der Waals surface area (Å²) in [4.78, 5) is 26.8. The van der Waals surface area contributed by atoms with E-state index in [0.717, 1.165) is 16.4 Å². The van der Waals surface area contributed by atoms with Gasteiger partial charge in [0, 0.05) is 26.1 Å². The van der Waals surface area contributed by atoms with Gasteiger partial charge >= 0.3 is 0 Å². The van der Waals surface area contributed by atoms with Gasteiger partial charge in [0.1, 0.15) is 0 Å². The number of rotatable bonds is 4. The van der Waals surface area contributed by atoms with Crippen LogP contribution < -0.4 is 0 Å². The van der Waals surface area contributed by atoms with Crippen molar-refractivity contribution in [3.8, 4) is 0 Å². The van der Waals surface area contributed by atoms with Crippen molar-refractivity contribution in [1.29, 1.82) is 0 Å². The fraction of sp³-hybridized carbons (Fsp3) is 0.500. The number of piperidine rings is 1. The lowest BCUT2D eigenvalue weighted by Gasteiger charge is -2.32. The number of hydrogen-bond donors (Lipinski definition) is 1. The highest BCUT2D eigenvalue weighted by Crippen LogP contribution is 2.29. The van der Waals surface area contributed by atoms with E-state index in [2.05, 4.69) is 39.4 Å². The molecule has 0 atom stereocenters. The van der Waals surface area contributed by atoms with E-state index in [0.29, 0.717) is 19.0 Å². The standard InChI is InChI=1S/C14H19IN4O2/c1-3-12(20)18(2)9-13(21)19-6-4-10(5-7-19)14-11(15)8-16-17-14/h3,8,10H,1,4-7,9H2,2H3,(H,16,17). The Hall–Kier alpha value is -1.38. The second-order valence-electron chi connectivity index (χ2n) is 5.19. The summed E-state index contributed by atoms with van der Waals surface area (Å²) in [6.45, 7) is 4.96. The third-order valence-electron chi connectivity index (χ3n) is 3.80. The summed E-state index contributed by atoms with van der Waals surface area (Å²) in [5.41, 5.74) is 1.17. The van der Waals surface area contributed by atoms with Gasteiger partial charge in [0.25, 0.3) is 0 Å². The topological polar surface area (TPSA) is 69.3 Å². The number of hydrogen-bond acceptors (Lipinski definition) is 3. The molecule has 7 heteroatoms. The molecule has 0 unspecified atom stereocenters. The first-order valence-corrected chi connectivity index (χ1v) is 7.95.